The first-order chi connectivity index (χ1) is 12.8. The molecule has 0 aliphatic carbocycles. The highest BCUT2D eigenvalue weighted by molar-refractivity contribution is 5.96. The van der Waals surface area contributed by atoms with Crippen LogP contribution in [0.2, 0.25) is 0 Å². The molecule has 26 heavy (non-hydrogen) atoms. The molecule has 1 aliphatic rings. The highest BCUT2D eigenvalue weighted by atomic mass is 16.7. The number of carbonyl (C=O) groups is 1. The summed E-state index contributed by atoms with van der Waals surface area (Å²) in [5.74, 6) is 0.178. The molecule has 1 saturated heterocycles. The monoisotopic (exact) mass is 362 g/mol. The molecule has 0 spiro atoms. The number of rotatable bonds is 10. The molecule has 1 aromatic carbocycles. The Hall–Kier alpha value is -1.85. The van der Waals surface area contributed by atoms with Crippen molar-refractivity contribution in [1.29, 1.82) is 0 Å². The summed E-state index contributed by atoms with van der Waals surface area (Å²) in [4.78, 5) is 12.2. The first-order valence-electron chi connectivity index (χ1n) is 9.50. The lowest BCUT2D eigenvalue weighted by molar-refractivity contribution is -0.162. The van der Waals surface area contributed by atoms with E-state index in [0.29, 0.717) is 17.9 Å². The largest absolute Gasteiger partial charge is 0.496 e. The van der Waals surface area contributed by atoms with E-state index in [1.807, 2.05) is 18.2 Å². The van der Waals surface area contributed by atoms with Gasteiger partial charge in [0.05, 0.1) is 13.7 Å². The van der Waals surface area contributed by atoms with Crippen molar-refractivity contribution in [2.75, 3.05) is 26.9 Å². The topological polar surface area (TPSA) is 54.0 Å². The van der Waals surface area contributed by atoms with E-state index in [2.05, 4.69) is 6.08 Å². The average molecular weight is 362 g/mol. The summed E-state index contributed by atoms with van der Waals surface area (Å²) in [6, 6.07) is 5.54. The van der Waals surface area contributed by atoms with Crippen LogP contribution in [-0.4, -0.2) is 39.2 Å². The van der Waals surface area contributed by atoms with Gasteiger partial charge in [0.1, 0.15) is 11.3 Å². The number of unbranched alkanes of at least 4 members (excludes halogenated alkanes) is 2. The second-order valence-electron chi connectivity index (χ2n) is 6.21. The van der Waals surface area contributed by atoms with Crippen molar-refractivity contribution < 1.29 is 23.7 Å². The number of esters is 1. The van der Waals surface area contributed by atoms with Crippen molar-refractivity contribution in [2.24, 2.45) is 0 Å². The number of benzene rings is 1. The lowest BCUT2D eigenvalue weighted by atomic mass is 10.0. The van der Waals surface area contributed by atoms with Crippen LogP contribution in [0.1, 0.15) is 61.4 Å². The zero-order chi connectivity index (χ0) is 18.6. The molecular formula is C21H30O5. The summed E-state index contributed by atoms with van der Waals surface area (Å²) in [5.41, 5.74) is 1.29. The van der Waals surface area contributed by atoms with E-state index in [9.17, 15) is 4.79 Å². The maximum Gasteiger partial charge on any atom is 0.342 e. The van der Waals surface area contributed by atoms with E-state index in [-0.39, 0.29) is 12.3 Å². The van der Waals surface area contributed by atoms with Crippen LogP contribution in [0.3, 0.4) is 0 Å². The molecule has 0 aromatic heterocycles. The molecule has 1 unspecified atom stereocenters. The summed E-state index contributed by atoms with van der Waals surface area (Å²) in [7, 11) is 1.56. The van der Waals surface area contributed by atoms with Crippen molar-refractivity contribution in [3.63, 3.8) is 0 Å². The third kappa shape index (κ3) is 6.46. The highest BCUT2D eigenvalue weighted by Gasteiger charge is 2.17. The second kappa shape index (κ2) is 11.7. The van der Waals surface area contributed by atoms with E-state index in [1.165, 1.54) is 6.42 Å². The Balaban J connectivity index is 1.79. The van der Waals surface area contributed by atoms with Crippen LogP contribution in [-0.2, 0) is 14.2 Å². The van der Waals surface area contributed by atoms with E-state index >= 15 is 0 Å². The lowest BCUT2D eigenvalue weighted by Crippen LogP contribution is -2.22. The second-order valence-corrected chi connectivity index (χ2v) is 6.21. The Morgan fingerprint density at radius 2 is 2.19 bits per heavy atom. The van der Waals surface area contributed by atoms with Gasteiger partial charge in [-0.3, -0.25) is 0 Å². The van der Waals surface area contributed by atoms with Gasteiger partial charge in [-0.05, 0) is 57.1 Å². The third-order valence-corrected chi connectivity index (χ3v) is 4.26. The molecule has 1 atom stereocenters. The molecule has 1 heterocycles. The Bertz CT molecular complexity index is 576. The molecule has 0 saturated carbocycles. The summed E-state index contributed by atoms with van der Waals surface area (Å²) in [6.45, 7) is 3.68. The molecular weight excluding hydrogens is 332 g/mol. The van der Waals surface area contributed by atoms with Crippen LogP contribution in [0.15, 0.2) is 24.3 Å². The van der Waals surface area contributed by atoms with Crippen LogP contribution in [0, 0.1) is 0 Å². The van der Waals surface area contributed by atoms with Crippen LogP contribution in [0.5, 0.6) is 5.75 Å². The van der Waals surface area contributed by atoms with Crippen molar-refractivity contribution in [3.05, 3.63) is 35.4 Å². The number of carbonyl (C=O) groups excluding carboxylic acids is 1. The predicted octanol–water partition coefficient (Wildman–Crippen LogP) is 4.60. The molecule has 0 N–H and O–H groups in total. The van der Waals surface area contributed by atoms with Crippen LogP contribution >= 0.6 is 0 Å². The first kappa shape index (κ1) is 20.5. The zero-order valence-corrected chi connectivity index (χ0v) is 15.9. The fourth-order valence-corrected chi connectivity index (χ4v) is 2.91. The standard InChI is InChI=1S/C21H30O5/c1-3-24-21(22)20-17(12-10-13-18(20)23-2)11-6-4-5-8-15-25-19-14-7-9-16-26-19/h6,10-13,19H,3-5,7-9,14-16H2,1-2H3/b11-6+. The number of methoxy groups -OCH3 is 1. The minimum atomic E-state index is -0.356. The number of hydrogen-bond acceptors (Lipinski definition) is 5. The van der Waals surface area contributed by atoms with Crippen LogP contribution in [0.4, 0.5) is 0 Å². The molecule has 0 radical (unpaired) electrons. The SMILES string of the molecule is CCOC(=O)c1c(/C=C/CCCCOC2CCCCO2)cccc1OC. The maximum atomic E-state index is 12.2. The normalized spacial score (nSPS) is 17.4. The number of allylic oxidation sites excluding steroid dienone is 1. The summed E-state index contributed by atoms with van der Waals surface area (Å²) < 4.78 is 21.7. The Labute approximate surface area is 156 Å². The van der Waals surface area contributed by atoms with Gasteiger partial charge in [-0.25, -0.2) is 4.79 Å². The highest BCUT2D eigenvalue weighted by Crippen LogP contribution is 2.24. The van der Waals surface area contributed by atoms with Gasteiger partial charge in [-0.1, -0.05) is 24.3 Å². The minimum Gasteiger partial charge on any atom is -0.496 e. The number of ether oxygens (including phenoxy) is 4. The lowest BCUT2D eigenvalue weighted by Gasteiger charge is -2.22. The van der Waals surface area contributed by atoms with Gasteiger partial charge in [-0.15, -0.1) is 0 Å². The number of hydrogen-bond donors (Lipinski definition) is 0. The van der Waals surface area contributed by atoms with Crippen molar-refractivity contribution in [2.45, 2.75) is 51.7 Å². The van der Waals surface area contributed by atoms with Crippen molar-refractivity contribution in [1.82, 2.24) is 0 Å². The summed E-state index contributed by atoms with van der Waals surface area (Å²) in [6.07, 6.45) is 10.3. The van der Waals surface area contributed by atoms with E-state index < -0.39 is 0 Å². The van der Waals surface area contributed by atoms with E-state index in [0.717, 1.165) is 50.9 Å². The van der Waals surface area contributed by atoms with Crippen LogP contribution < -0.4 is 4.74 Å². The third-order valence-electron chi connectivity index (χ3n) is 4.26. The van der Waals surface area contributed by atoms with Crippen LogP contribution in [0.25, 0.3) is 6.08 Å². The Morgan fingerprint density at radius 3 is 2.92 bits per heavy atom. The molecule has 144 valence electrons. The minimum absolute atomic E-state index is 0.0109. The van der Waals surface area contributed by atoms with Gasteiger partial charge in [0.15, 0.2) is 6.29 Å². The maximum absolute atomic E-state index is 12.2. The van der Waals surface area contributed by atoms with Gasteiger partial charge in [0, 0.05) is 13.2 Å². The quantitative estimate of drug-likeness (QED) is 0.450. The van der Waals surface area contributed by atoms with Crippen molar-refractivity contribution in [3.8, 4) is 5.75 Å². The van der Waals surface area contributed by atoms with E-state index in [4.69, 9.17) is 18.9 Å². The molecule has 1 aromatic rings. The molecule has 5 nitrogen and oxygen atoms in total. The van der Waals surface area contributed by atoms with Gasteiger partial charge in [0.25, 0.3) is 0 Å². The fourth-order valence-electron chi connectivity index (χ4n) is 2.91. The Morgan fingerprint density at radius 1 is 1.31 bits per heavy atom. The summed E-state index contributed by atoms with van der Waals surface area (Å²) >= 11 is 0. The van der Waals surface area contributed by atoms with Gasteiger partial charge >= 0.3 is 5.97 Å². The molecule has 0 bridgehead atoms. The first-order valence-corrected chi connectivity index (χ1v) is 9.50. The predicted molar refractivity (Wildman–Crippen MR) is 101 cm³/mol. The molecule has 2 rings (SSSR count). The van der Waals surface area contributed by atoms with Gasteiger partial charge < -0.3 is 18.9 Å². The zero-order valence-electron chi connectivity index (χ0n) is 15.9. The van der Waals surface area contributed by atoms with Gasteiger partial charge in [-0.2, -0.15) is 0 Å². The average Bonchev–Trinajstić information content (AvgIpc) is 2.67. The molecule has 0 amide bonds. The molecule has 5 heteroatoms. The molecule has 1 fully saturated rings. The smallest absolute Gasteiger partial charge is 0.342 e. The molecule has 1 aliphatic heterocycles. The summed E-state index contributed by atoms with van der Waals surface area (Å²) in [5, 5.41) is 0. The Kier molecular flexibility index (Phi) is 9.21. The van der Waals surface area contributed by atoms with Gasteiger partial charge in [0.2, 0.25) is 0 Å². The fraction of sp³-hybridized carbons (Fsp3) is 0.571. The van der Waals surface area contributed by atoms with E-state index in [1.54, 1.807) is 20.1 Å². The van der Waals surface area contributed by atoms with Crippen molar-refractivity contribution >= 4 is 12.0 Å².